The molecule has 1 heterocycles. The fourth-order valence-electron chi connectivity index (χ4n) is 3.80. The molecule has 0 fully saturated rings. The van der Waals surface area contributed by atoms with Gasteiger partial charge in [0, 0.05) is 17.9 Å². The number of halogens is 2. The average molecular weight is 464 g/mol. The fourth-order valence-corrected chi connectivity index (χ4v) is 3.99. The molecule has 3 rings (SSSR count). The fraction of sp³-hybridized carbons (Fsp3) is 0.304. The second-order valence-electron chi connectivity index (χ2n) is 7.77. The van der Waals surface area contributed by atoms with Gasteiger partial charge in [-0.05, 0) is 29.2 Å². The number of aromatic hydroxyl groups is 1. The summed E-state index contributed by atoms with van der Waals surface area (Å²) >= 11 is 5.87. The normalized spacial score (nSPS) is 12.3. The Morgan fingerprint density at radius 3 is 2.50 bits per heavy atom. The van der Waals surface area contributed by atoms with E-state index >= 15 is 0 Å². The molecule has 0 spiro atoms. The summed E-state index contributed by atoms with van der Waals surface area (Å²) in [6, 6.07) is 6.76. The zero-order valence-corrected chi connectivity index (χ0v) is 18.5. The Balaban J connectivity index is 2.38. The van der Waals surface area contributed by atoms with E-state index in [1.54, 1.807) is 26.0 Å². The molecule has 0 amide bonds. The third-order valence-electron chi connectivity index (χ3n) is 5.50. The van der Waals surface area contributed by atoms with Gasteiger partial charge in [-0.3, -0.25) is 4.79 Å². The van der Waals surface area contributed by atoms with E-state index < -0.39 is 41.3 Å². The number of aromatic nitrogens is 1. The first-order valence-corrected chi connectivity index (χ1v) is 10.2. The summed E-state index contributed by atoms with van der Waals surface area (Å²) in [5, 5.41) is 30.2. The molecule has 0 aliphatic heterocycles. The maximum atomic E-state index is 14.5. The van der Waals surface area contributed by atoms with Crippen LogP contribution in [0.3, 0.4) is 0 Å². The molecule has 0 bridgehead atoms. The van der Waals surface area contributed by atoms with E-state index in [0.29, 0.717) is 11.3 Å². The first-order chi connectivity index (χ1) is 15.1. The van der Waals surface area contributed by atoms with Crippen LogP contribution in [0.4, 0.5) is 4.39 Å². The van der Waals surface area contributed by atoms with E-state index in [-0.39, 0.29) is 33.8 Å². The van der Waals surface area contributed by atoms with Crippen LogP contribution in [0.25, 0.3) is 10.9 Å². The van der Waals surface area contributed by atoms with Crippen LogP contribution < -0.4 is 10.3 Å². The summed E-state index contributed by atoms with van der Waals surface area (Å²) in [6.45, 7) is 3.13. The molecule has 0 radical (unpaired) electrons. The second-order valence-corrected chi connectivity index (χ2v) is 8.18. The molecule has 7 nitrogen and oxygen atoms in total. The Hall–Kier alpha value is -3.10. The first kappa shape index (κ1) is 23.6. The molecule has 0 aliphatic rings. The number of hydrogen-bond donors (Lipinski definition) is 3. The van der Waals surface area contributed by atoms with Crippen LogP contribution in [0.1, 0.15) is 41.4 Å². The lowest BCUT2D eigenvalue weighted by Crippen LogP contribution is -2.34. The van der Waals surface area contributed by atoms with Crippen LogP contribution in [0.5, 0.6) is 11.5 Å². The summed E-state index contributed by atoms with van der Waals surface area (Å²) in [5.74, 6) is -2.82. The van der Waals surface area contributed by atoms with Crippen LogP contribution in [0.15, 0.2) is 35.1 Å². The van der Waals surface area contributed by atoms with Crippen molar-refractivity contribution in [3.63, 3.8) is 0 Å². The number of methoxy groups -OCH3 is 1. The lowest BCUT2D eigenvalue weighted by Gasteiger charge is -2.25. The minimum atomic E-state index is -1.60. The predicted molar refractivity (Wildman–Crippen MR) is 119 cm³/mol. The Morgan fingerprint density at radius 1 is 1.25 bits per heavy atom. The van der Waals surface area contributed by atoms with Crippen molar-refractivity contribution in [1.29, 1.82) is 0 Å². The van der Waals surface area contributed by atoms with Crippen LogP contribution in [0, 0.1) is 11.7 Å². The lowest BCUT2D eigenvalue weighted by molar-refractivity contribution is 0.0690. The van der Waals surface area contributed by atoms with Crippen molar-refractivity contribution >= 4 is 28.5 Å². The van der Waals surface area contributed by atoms with Crippen molar-refractivity contribution in [2.75, 3.05) is 13.7 Å². The highest BCUT2D eigenvalue weighted by molar-refractivity contribution is 6.30. The van der Waals surface area contributed by atoms with Gasteiger partial charge >= 0.3 is 5.97 Å². The number of pyridine rings is 1. The molecule has 0 unspecified atom stereocenters. The number of rotatable bonds is 7. The van der Waals surface area contributed by atoms with Gasteiger partial charge in [-0.15, -0.1) is 0 Å². The van der Waals surface area contributed by atoms with E-state index in [1.807, 2.05) is 0 Å². The molecule has 1 aromatic heterocycles. The number of hydrogen-bond acceptors (Lipinski definition) is 5. The van der Waals surface area contributed by atoms with Crippen molar-refractivity contribution in [1.82, 2.24) is 4.57 Å². The average Bonchev–Trinajstić information content (AvgIpc) is 2.73. The number of ether oxygens (including phenoxy) is 1. The number of aromatic carboxylic acids is 1. The van der Waals surface area contributed by atoms with Gasteiger partial charge in [-0.1, -0.05) is 37.6 Å². The van der Waals surface area contributed by atoms with Gasteiger partial charge in [0.1, 0.15) is 17.3 Å². The van der Waals surface area contributed by atoms with Crippen molar-refractivity contribution in [3.8, 4) is 11.5 Å². The van der Waals surface area contributed by atoms with Crippen LogP contribution in [-0.4, -0.2) is 39.6 Å². The van der Waals surface area contributed by atoms with Gasteiger partial charge in [0.25, 0.3) is 5.56 Å². The van der Waals surface area contributed by atoms with Crippen molar-refractivity contribution in [2.24, 2.45) is 5.92 Å². The standard InChI is InChI=1S/C23H23ClFNO6/c1-11(2)17(10-27)26-16-9-18(32-3)13(7-12-5-4-6-15(24)20(12)25)8-14(16)21(28)19(22(26)29)23(30)31/h4-6,8-9,11,17,27-28H,7,10H2,1-3H3,(H,30,31)/t17-/m1/s1. The van der Waals surface area contributed by atoms with Gasteiger partial charge in [-0.25, -0.2) is 9.18 Å². The monoisotopic (exact) mass is 463 g/mol. The Morgan fingerprint density at radius 2 is 1.94 bits per heavy atom. The molecule has 170 valence electrons. The number of carboxylic acids is 1. The molecule has 3 aromatic rings. The minimum Gasteiger partial charge on any atom is -0.506 e. The molecular weight excluding hydrogens is 441 g/mol. The number of aliphatic hydroxyl groups excluding tert-OH is 1. The number of fused-ring (bicyclic) bond motifs is 1. The van der Waals surface area contributed by atoms with Crippen LogP contribution in [-0.2, 0) is 6.42 Å². The Kier molecular flexibility index (Phi) is 6.76. The molecule has 3 N–H and O–H groups in total. The zero-order chi connectivity index (χ0) is 23.7. The highest BCUT2D eigenvalue weighted by Gasteiger charge is 2.28. The lowest BCUT2D eigenvalue weighted by atomic mass is 9.98. The summed E-state index contributed by atoms with van der Waals surface area (Å²) in [7, 11) is 1.40. The summed E-state index contributed by atoms with van der Waals surface area (Å²) in [4.78, 5) is 24.8. The molecule has 0 saturated heterocycles. The largest absolute Gasteiger partial charge is 0.506 e. The number of nitrogens with zero attached hydrogens (tertiary/aromatic N) is 1. The summed E-state index contributed by atoms with van der Waals surface area (Å²) in [6.07, 6.45) is 0.0418. The number of carbonyl (C=O) groups is 1. The summed E-state index contributed by atoms with van der Waals surface area (Å²) in [5.41, 5.74) is -0.829. The molecule has 2 aromatic carbocycles. The molecular formula is C23H23ClFNO6. The van der Waals surface area contributed by atoms with E-state index in [9.17, 15) is 29.3 Å². The van der Waals surface area contributed by atoms with E-state index in [1.165, 1.54) is 25.3 Å². The SMILES string of the molecule is COc1cc2c(cc1Cc1cccc(Cl)c1F)c(O)c(C(=O)O)c(=O)n2[C@H](CO)C(C)C. The van der Waals surface area contributed by atoms with Crippen molar-refractivity contribution in [2.45, 2.75) is 26.3 Å². The van der Waals surface area contributed by atoms with Crippen LogP contribution in [0.2, 0.25) is 5.02 Å². The topological polar surface area (TPSA) is 109 Å². The number of aliphatic hydroxyl groups is 1. The maximum absolute atomic E-state index is 14.5. The van der Waals surface area contributed by atoms with Gasteiger partial charge in [0.2, 0.25) is 0 Å². The molecule has 0 saturated carbocycles. The van der Waals surface area contributed by atoms with Gasteiger partial charge in [0.05, 0.1) is 30.3 Å². The summed E-state index contributed by atoms with van der Waals surface area (Å²) < 4.78 is 21.1. The Labute approximate surface area is 188 Å². The first-order valence-electron chi connectivity index (χ1n) is 9.87. The highest BCUT2D eigenvalue weighted by Crippen LogP contribution is 2.36. The number of benzene rings is 2. The highest BCUT2D eigenvalue weighted by atomic mass is 35.5. The van der Waals surface area contributed by atoms with Crippen molar-refractivity contribution < 1.29 is 29.2 Å². The molecule has 0 aliphatic carbocycles. The minimum absolute atomic E-state index is 0.0418. The maximum Gasteiger partial charge on any atom is 0.345 e. The van der Waals surface area contributed by atoms with Gasteiger partial charge in [0.15, 0.2) is 5.56 Å². The second kappa shape index (κ2) is 9.18. The van der Waals surface area contributed by atoms with E-state index in [0.717, 1.165) is 4.57 Å². The zero-order valence-electron chi connectivity index (χ0n) is 17.7. The van der Waals surface area contributed by atoms with E-state index in [2.05, 4.69) is 0 Å². The molecule has 32 heavy (non-hydrogen) atoms. The van der Waals surface area contributed by atoms with Gasteiger partial charge < -0.3 is 24.6 Å². The predicted octanol–water partition coefficient (Wildman–Crippen LogP) is 3.99. The van der Waals surface area contributed by atoms with Crippen LogP contribution >= 0.6 is 11.6 Å². The smallest absolute Gasteiger partial charge is 0.345 e. The quantitative estimate of drug-likeness (QED) is 0.489. The van der Waals surface area contributed by atoms with Gasteiger partial charge in [-0.2, -0.15) is 0 Å². The van der Waals surface area contributed by atoms with Crippen molar-refractivity contribution in [3.05, 3.63) is 68.2 Å². The third-order valence-corrected chi connectivity index (χ3v) is 5.79. The Bertz CT molecular complexity index is 1250. The van der Waals surface area contributed by atoms with E-state index in [4.69, 9.17) is 16.3 Å². The molecule has 9 heteroatoms. The number of carboxylic acid groups (broad SMARTS) is 1. The third kappa shape index (κ3) is 4.03. The molecule has 1 atom stereocenters.